The topological polar surface area (TPSA) is 56.0 Å². The van der Waals surface area contributed by atoms with Crippen molar-refractivity contribution in [3.8, 4) is 0 Å². The number of carbonyl (C=O) groups excluding carboxylic acids is 1. The molecule has 1 aromatic rings. The predicted octanol–water partition coefficient (Wildman–Crippen LogP) is 0.935. The first-order valence-electron chi connectivity index (χ1n) is 3.46. The minimum Gasteiger partial charge on any atom is -0.303 e. The minimum absolute atomic E-state index is 0.371. The van der Waals surface area contributed by atoms with Crippen molar-refractivity contribution in [2.75, 3.05) is 0 Å². The molecular formula is C8H8N2O2. The van der Waals surface area contributed by atoms with E-state index < -0.39 is 0 Å². The molecule has 0 amide bonds. The number of hydrogen-bond donors (Lipinski definition) is 0. The molecule has 0 bridgehead atoms. The van der Waals surface area contributed by atoms with E-state index in [4.69, 9.17) is 0 Å². The van der Waals surface area contributed by atoms with Gasteiger partial charge in [-0.3, -0.25) is 0 Å². The zero-order valence-electron chi connectivity index (χ0n) is 6.38. The lowest BCUT2D eigenvalue weighted by Gasteiger charge is -1.84. The molecule has 0 radical (unpaired) electrons. The van der Waals surface area contributed by atoms with Crippen LogP contribution in [0.3, 0.4) is 0 Å². The molecule has 4 nitrogen and oxygen atoms in total. The summed E-state index contributed by atoms with van der Waals surface area (Å²) in [4.78, 5) is 10.2. The molecule has 4 heteroatoms. The lowest BCUT2D eigenvalue weighted by atomic mass is 10.2. The number of rotatable bonds is 2. The summed E-state index contributed by atoms with van der Waals surface area (Å²) >= 11 is 0. The van der Waals surface area contributed by atoms with Crippen LogP contribution in [0.1, 0.15) is 5.56 Å². The van der Waals surface area contributed by atoms with E-state index in [0.717, 1.165) is 11.8 Å². The van der Waals surface area contributed by atoms with Crippen LogP contribution in [0.25, 0.3) is 0 Å². The zero-order chi connectivity index (χ0) is 8.65. The van der Waals surface area contributed by atoms with Crippen LogP contribution in [0.2, 0.25) is 0 Å². The highest BCUT2D eigenvalue weighted by atomic mass is 16.6. The normalized spacial score (nSPS) is 8.67. The second-order valence-electron chi connectivity index (χ2n) is 2.06. The lowest BCUT2D eigenvalue weighted by Crippen LogP contribution is -1.81. The van der Waals surface area contributed by atoms with Gasteiger partial charge in [0.1, 0.15) is 6.29 Å². The maximum atomic E-state index is 10.2. The summed E-state index contributed by atoms with van der Waals surface area (Å²) in [5.74, 6) is 0. The van der Waals surface area contributed by atoms with Crippen molar-refractivity contribution < 1.29 is 9.42 Å². The van der Waals surface area contributed by atoms with Crippen LogP contribution in [0.5, 0.6) is 0 Å². The SMILES string of the molecule is O=CCc1cccnoncc1. The molecule has 0 aliphatic carbocycles. The minimum atomic E-state index is 0.371. The van der Waals surface area contributed by atoms with Crippen LogP contribution < -0.4 is 0 Å². The van der Waals surface area contributed by atoms with Crippen LogP contribution in [0.15, 0.2) is 35.2 Å². The van der Waals surface area contributed by atoms with Crippen molar-refractivity contribution in [3.63, 3.8) is 0 Å². The van der Waals surface area contributed by atoms with Gasteiger partial charge in [-0.25, -0.2) is 4.63 Å². The molecule has 0 saturated heterocycles. The van der Waals surface area contributed by atoms with Gasteiger partial charge in [0.25, 0.3) is 0 Å². The molecule has 0 atom stereocenters. The Bertz CT molecular complexity index is 271. The van der Waals surface area contributed by atoms with E-state index >= 15 is 0 Å². The van der Waals surface area contributed by atoms with Crippen LogP contribution in [0.4, 0.5) is 0 Å². The molecular weight excluding hydrogens is 156 g/mol. The standard InChI is InChI=1S/C8H8N2O2/c11-7-4-8-2-1-5-9-12-10-6-3-8/h1-3,5-7H,4H2. The Morgan fingerprint density at radius 2 is 2.17 bits per heavy atom. The van der Waals surface area contributed by atoms with Gasteiger partial charge in [-0.1, -0.05) is 16.4 Å². The number of carbonyl (C=O) groups is 1. The molecule has 12 heavy (non-hydrogen) atoms. The quantitative estimate of drug-likeness (QED) is 0.610. The number of nitrogens with zero attached hydrogens (tertiary/aromatic N) is 2. The first kappa shape index (κ1) is 8.39. The maximum absolute atomic E-state index is 10.2. The first-order valence-corrected chi connectivity index (χ1v) is 3.46. The number of aldehydes is 1. The fourth-order valence-electron chi connectivity index (χ4n) is 0.697. The van der Waals surface area contributed by atoms with Gasteiger partial charge in [0.05, 0.1) is 12.4 Å². The largest absolute Gasteiger partial charge is 0.303 e. The molecule has 0 aliphatic heterocycles. The highest BCUT2D eigenvalue weighted by Gasteiger charge is 1.84. The molecule has 0 unspecified atom stereocenters. The molecule has 1 rings (SSSR count). The van der Waals surface area contributed by atoms with Gasteiger partial charge < -0.3 is 4.79 Å². The molecule has 0 aliphatic rings. The van der Waals surface area contributed by atoms with Gasteiger partial charge in [0.15, 0.2) is 0 Å². The summed E-state index contributed by atoms with van der Waals surface area (Å²) < 4.78 is 4.44. The van der Waals surface area contributed by atoms with E-state index in [1.165, 1.54) is 12.4 Å². The molecule has 0 saturated carbocycles. The molecule has 0 N–H and O–H groups in total. The summed E-state index contributed by atoms with van der Waals surface area (Å²) in [5.41, 5.74) is 0.866. The Kier molecular flexibility index (Phi) is 3.50. The summed E-state index contributed by atoms with van der Waals surface area (Å²) in [6.45, 7) is 0. The maximum Gasteiger partial charge on any atom is 0.124 e. The molecule has 0 spiro atoms. The van der Waals surface area contributed by atoms with Crippen molar-refractivity contribution in [2.24, 2.45) is 0 Å². The van der Waals surface area contributed by atoms with Crippen LogP contribution in [-0.4, -0.2) is 16.6 Å². The van der Waals surface area contributed by atoms with Crippen molar-refractivity contribution >= 4 is 6.29 Å². The van der Waals surface area contributed by atoms with E-state index in [1.54, 1.807) is 18.2 Å². The molecule has 0 aromatic carbocycles. The molecule has 0 fully saturated rings. The van der Waals surface area contributed by atoms with Gasteiger partial charge in [0, 0.05) is 6.42 Å². The van der Waals surface area contributed by atoms with Crippen molar-refractivity contribution in [3.05, 3.63) is 36.2 Å². The lowest BCUT2D eigenvalue weighted by molar-refractivity contribution is -0.107. The Hall–Kier alpha value is -1.71. The van der Waals surface area contributed by atoms with E-state index in [1.807, 2.05) is 0 Å². The second-order valence-corrected chi connectivity index (χ2v) is 2.06. The zero-order valence-corrected chi connectivity index (χ0v) is 6.38. The first-order chi connectivity index (χ1) is 5.93. The van der Waals surface area contributed by atoms with Crippen molar-refractivity contribution in [1.82, 2.24) is 10.3 Å². The van der Waals surface area contributed by atoms with Gasteiger partial charge in [-0.15, -0.1) is 0 Å². The van der Waals surface area contributed by atoms with Gasteiger partial charge in [-0.2, -0.15) is 0 Å². The summed E-state index contributed by atoms with van der Waals surface area (Å²) in [7, 11) is 0. The Balaban J connectivity index is 3.01. The monoisotopic (exact) mass is 164 g/mol. The van der Waals surface area contributed by atoms with Crippen molar-refractivity contribution in [1.29, 1.82) is 0 Å². The third kappa shape index (κ3) is 2.92. The van der Waals surface area contributed by atoms with E-state index in [-0.39, 0.29) is 0 Å². The summed E-state index contributed by atoms with van der Waals surface area (Å²) in [5, 5.41) is 6.92. The third-order valence-electron chi connectivity index (χ3n) is 1.22. The second kappa shape index (κ2) is 5.01. The van der Waals surface area contributed by atoms with Gasteiger partial charge in [-0.05, 0) is 17.7 Å². The van der Waals surface area contributed by atoms with Gasteiger partial charge >= 0.3 is 0 Å². The Morgan fingerprint density at radius 3 is 3.00 bits per heavy atom. The van der Waals surface area contributed by atoms with E-state index in [0.29, 0.717) is 6.42 Å². The van der Waals surface area contributed by atoms with E-state index in [2.05, 4.69) is 14.9 Å². The highest BCUT2D eigenvalue weighted by molar-refractivity contribution is 5.54. The third-order valence-corrected chi connectivity index (χ3v) is 1.22. The fraction of sp³-hybridized carbons (Fsp3) is 0.125. The van der Waals surface area contributed by atoms with Crippen LogP contribution >= 0.6 is 0 Å². The van der Waals surface area contributed by atoms with Crippen LogP contribution in [0, 0.1) is 0 Å². The average molecular weight is 164 g/mol. The Morgan fingerprint density at radius 1 is 1.33 bits per heavy atom. The van der Waals surface area contributed by atoms with Crippen LogP contribution in [-0.2, 0) is 11.2 Å². The fourth-order valence-corrected chi connectivity index (χ4v) is 0.697. The summed E-state index contributed by atoms with van der Waals surface area (Å²) in [6, 6.07) is 5.15. The predicted molar refractivity (Wildman–Crippen MR) is 41.7 cm³/mol. The highest BCUT2D eigenvalue weighted by Crippen LogP contribution is 1.92. The molecule has 1 heterocycles. The smallest absolute Gasteiger partial charge is 0.124 e. The number of aromatic nitrogens is 2. The van der Waals surface area contributed by atoms with Gasteiger partial charge in [0.2, 0.25) is 0 Å². The molecule has 1 aromatic heterocycles. The molecule has 62 valence electrons. The number of hydrogen-bond acceptors (Lipinski definition) is 4. The summed E-state index contributed by atoms with van der Waals surface area (Å²) in [6.07, 6.45) is 4.11. The average Bonchev–Trinajstić information content (AvgIpc) is 2.19. The Labute approximate surface area is 69.5 Å². The van der Waals surface area contributed by atoms with Crippen molar-refractivity contribution in [2.45, 2.75) is 6.42 Å². The van der Waals surface area contributed by atoms with E-state index in [9.17, 15) is 4.79 Å².